The van der Waals surface area contributed by atoms with Crippen molar-refractivity contribution >= 4 is 6.09 Å². The number of methoxy groups -OCH3 is 1. The second kappa shape index (κ2) is 7.39. The molecule has 7 nitrogen and oxygen atoms in total. The summed E-state index contributed by atoms with van der Waals surface area (Å²) in [6, 6.07) is 3.87. The highest BCUT2D eigenvalue weighted by molar-refractivity contribution is 5.67. The molecule has 0 aromatic carbocycles. The average molecular weight is 290 g/mol. The summed E-state index contributed by atoms with van der Waals surface area (Å²) in [5, 5.41) is 6.79. The molecule has 0 spiro atoms. The van der Waals surface area contributed by atoms with E-state index in [0.29, 0.717) is 13.2 Å². The topological polar surface area (TPSA) is 78.3 Å². The van der Waals surface area contributed by atoms with Gasteiger partial charge >= 0.3 is 6.09 Å². The molecule has 21 heavy (non-hydrogen) atoms. The van der Waals surface area contributed by atoms with Crippen molar-refractivity contribution in [2.24, 2.45) is 7.05 Å². The van der Waals surface area contributed by atoms with Crippen molar-refractivity contribution in [1.82, 2.24) is 20.1 Å². The molecule has 2 heterocycles. The first-order valence-electron chi connectivity index (χ1n) is 6.52. The van der Waals surface area contributed by atoms with Gasteiger partial charge in [0.25, 0.3) is 0 Å². The Balaban J connectivity index is 1.93. The standard InChI is InChI=1S/C14H18N4O3/c1-18-13(3-4-17-18)12-7-11(8-15-10-12)9-16-14(19)21-6-5-20-2/h3-4,7-8,10H,5-6,9H2,1-2H3,(H,16,19). The summed E-state index contributed by atoms with van der Waals surface area (Å²) in [6.45, 7) is 0.963. The maximum Gasteiger partial charge on any atom is 0.407 e. The number of rotatable bonds is 6. The Morgan fingerprint density at radius 1 is 1.38 bits per heavy atom. The first-order valence-corrected chi connectivity index (χ1v) is 6.52. The Labute approximate surface area is 122 Å². The number of pyridine rings is 1. The van der Waals surface area contributed by atoms with Crippen LogP contribution in [0.4, 0.5) is 4.79 Å². The van der Waals surface area contributed by atoms with E-state index in [2.05, 4.69) is 15.4 Å². The molecule has 2 rings (SSSR count). The van der Waals surface area contributed by atoms with Gasteiger partial charge in [0.1, 0.15) is 6.61 Å². The smallest absolute Gasteiger partial charge is 0.407 e. The zero-order chi connectivity index (χ0) is 15.1. The second-order valence-electron chi connectivity index (χ2n) is 4.40. The van der Waals surface area contributed by atoms with Crippen LogP contribution in [0.25, 0.3) is 11.3 Å². The van der Waals surface area contributed by atoms with Crippen LogP contribution in [0.15, 0.2) is 30.7 Å². The lowest BCUT2D eigenvalue weighted by Gasteiger charge is -2.08. The van der Waals surface area contributed by atoms with Gasteiger partial charge < -0.3 is 14.8 Å². The molecular weight excluding hydrogens is 272 g/mol. The molecule has 1 N–H and O–H groups in total. The number of nitrogens with zero attached hydrogens (tertiary/aromatic N) is 3. The highest BCUT2D eigenvalue weighted by atomic mass is 16.6. The summed E-state index contributed by atoms with van der Waals surface area (Å²) in [5.41, 5.74) is 2.80. The third-order valence-electron chi connectivity index (χ3n) is 2.87. The van der Waals surface area contributed by atoms with Gasteiger partial charge in [0.05, 0.1) is 12.3 Å². The van der Waals surface area contributed by atoms with E-state index in [-0.39, 0.29) is 6.61 Å². The molecule has 2 aromatic heterocycles. The van der Waals surface area contributed by atoms with Gasteiger partial charge in [-0.2, -0.15) is 5.10 Å². The number of aromatic nitrogens is 3. The van der Waals surface area contributed by atoms with Crippen molar-refractivity contribution in [2.75, 3.05) is 20.3 Å². The SMILES string of the molecule is COCCOC(=O)NCc1cncc(-c2ccnn2C)c1. The fourth-order valence-corrected chi connectivity index (χ4v) is 1.82. The Morgan fingerprint density at radius 3 is 2.95 bits per heavy atom. The first-order chi connectivity index (χ1) is 10.2. The van der Waals surface area contributed by atoms with E-state index >= 15 is 0 Å². The molecule has 0 saturated heterocycles. The van der Waals surface area contributed by atoms with Crippen LogP contribution >= 0.6 is 0 Å². The number of alkyl carbamates (subject to hydrolysis) is 1. The maximum absolute atomic E-state index is 11.4. The predicted octanol–water partition coefficient (Wildman–Crippen LogP) is 1.35. The number of ether oxygens (including phenoxy) is 2. The molecule has 0 saturated carbocycles. The van der Waals surface area contributed by atoms with Crippen LogP contribution in [0, 0.1) is 0 Å². The van der Waals surface area contributed by atoms with E-state index in [1.807, 2.05) is 19.2 Å². The molecule has 1 amide bonds. The summed E-state index contributed by atoms with van der Waals surface area (Å²) >= 11 is 0. The van der Waals surface area contributed by atoms with Crippen molar-refractivity contribution in [3.8, 4) is 11.3 Å². The Bertz CT molecular complexity index is 597. The van der Waals surface area contributed by atoms with Crippen molar-refractivity contribution in [1.29, 1.82) is 0 Å². The van der Waals surface area contributed by atoms with Gasteiger partial charge in [-0.1, -0.05) is 0 Å². The van der Waals surface area contributed by atoms with Crippen LogP contribution in [-0.4, -0.2) is 41.2 Å². The van der Waals surface area contributed by atoms with E-state index < -0.39 is 6.09 Å². The molecule has 0 aliphatic heterocycles. The van der Waals surface area contributed by atoms with E-state index in [1.165, 1.54) is 0 Å². The number of nitrogens with one attached hydrogen (secondary N) is 1. The molecule has 0 atom stereocenters. The van der Waals surface area contributed by atoms with Gasteiger partial charge in [0, 0.05) is 44.9 Å². The van der Waals surface area contributed by atoms with Crippen molar-refractivity contribution < 1.29 is 14.3 Å². The van der Waals surface area contributed by atoms with Crippen molar-refractivity contribution in [3.05, 3.63) is 36.3 Å². The maximum atomic E-state index is 11.4. The molecule has 0 radical (unpaired) electrons. The van der Waals surface area contributed by atoms with Crippen LogP contribution in [0.5, 0.6) is 0 Å². The van der Waals surface area contributed by atoms with E-state index in [0.717, 1.165) is 16.8 Å². The van der Waals surface area contributed by atoms with Crippen molar-refractivity contribution in [2.45, 2.75) is 6.54 Å². The monoisotopic (exact) mass is 290 g/mol. The minimum absolute atomic E-state index is 0.232. The minimum Gasteiger partial charge on any atom is -0.447 e. The first kappa shape index (κ1) is 15.0. The lowest BCUT2D eigenvalue weighted by Crippen LogP contribution is -2.25. The Kier molecular flexibility index (Phi) is 5.28. The molecule has 2 aromatic rings. The molecule has 0 aliphatic carbocycles. The van der Waals surface area contributed by atoms with E-state index in [4.69, 9.17) is 9.47 Å². The number of carbonyl (C=O) groups is 1. The normalized spacial score (nSPS) is 10.4. The number of hydrogen-bond acceptors (Lipinski definition) is 5. The lowest BCUT2D eigenvalue weighted by molar-refractivity contribution is 0.0983. The Hall–Kier alpha value is -2.41. The number of aryl methyl sites for hydroxylation is 1. The van der Waals surface area contributed by atoms with Gasteiger partial charge in [-0.15, -0.1) is 0 Å². The van der Waals surface area contributed by atoms with Crippen LogP contribution in [0.1, 0.15) is 5.56 Å². The van der Waals surface area contributed by atoms with Gasteiger partial charge in [-0.25, -0.2) is 4.79 Å². The molecule has 0 aliphatic rings. The van der Waals surface area contributed by atoms with Gasteiger partial charge in [-0.3, -0.25) is 9.67 Å². The van der Waals surface area contributed by atoms with E-state index in [1.54, 1.807) is 30.4 Å². The number of hydrogen-bond donors (Lipinski definition) is 1. The predicted molar refractivity (Wildman–Crippen MR) is 76.5 cm³/mol. The lowest BCUT2D eigenvalue weighted by atomic mass is 10.1. The van der Waals surface area contributed by atoms with Crippen molar-refractivity contribution in [3.63, 3.8) is 0 Å². The van der Waals surface area contributed by atoms with Gasteiger partial charge in [-0.05, 0) is 17.7 Å². The largest absolute Gasteiger partial charge is 0.447 e. The molecular formula is C14H18N4O3. The van der Waals surface area contributed by atoms with Crippen LogP contribution in [-0.2, 0) is 23.1 Å². The molecule has 0 unspecified atom stereocenters. The van der Waals surface area contributed by atoms with Gasteiger partial charge in [0.15, 0.2) is 0 Å². The summed E-state index contributed by atoms with van der Waals surface area (Å²) in [5.74, 6) is 0. The summed E-state index contributed by atoms with van der Waals surface area (Å²) in [7, 11) is 3.42. The second-order valence-corrected chi connectivity index (χ2v) is 4.40. The third-order valence-corrected chi connectivity index (χ3v) is 2.87. The van der Waals surface area contributed by atoms with Crippen LogP contribution in [0.2, 0.25) is 0 Å². The summed E-state index contributed by atoms with van der Waals surface area (Å²) < 4.78 is 11.5. The fraction of sp³-hybridized carbons (Fsp3) is 0.357. The summed E-state index contributed by atoms with van der Waals surface area (Å²) in [4.78, 5) is 15.6. The minimum atomic E-state index is -0.474. The molecule has 112 valence electrons. The Morgan fingerprint density at radius 2 is 2.24 bits per heavy atom. The fourth-order valence-electron chi connectivity index (χ4n) is 1.82. The zero-order valence-corrected chi connectivity index (χ0v) is 12.1. The molecule has 0 bridgehead atoms. The van der Waals surface area contributed by atoms with Gasteiger partial charge in [0.2, 0.25) is 0 Å². The quantitative estimate of drug-likeness (QED) is 0.813. The third kappa shape index (κ3) is 4.28. The highest BCUT2D eigenvalue weighted by Crippen LogP contribution is 2.17. The molecule has 0 fully saturated rings. The highest BCUT2D eigenvalue weighted by Gasteiger charge is 2.06. The number of carbonyl (C=O) groups excluding carboxylic acids is 1. The molecule has 7 heteroatoms. The van der Waals surface area contributed by atoms with Crippen LogP contribution < -0.4 is 5.32 Å². The van der Waals surface area contributed by atoms with E-state index in [9.17, 15) is 4.79 Å². The number of amides is 1. The van der Waals surface area contributed by atoms with Crippen LogP contribution in [0.3, 0.4) is 0 Å². The average Bonchev–Trinajstić information content (AvgIpc) is 2.92. The zero-order valence-electron chi connectivity index (χ0n) is 12.1. The summed E-state index contributed by atoms with van der Waals surface area (Å²) in [6.07, 6.45) is 4.72.